The highest BCUT2D eigenvalue weighted by Gasteiger charge is 2.01. The second-order valence-electron chi connectivity index (χ2n) is 2.05. The maximum atomic E-state index is 8.88. The Balaban J connectivity index is -0.0000000533. The molecule has 21 heteroatoms. The van der Waals surface area contributed by atoms with Crippen molar-refractivity contribution in [2.75, 3.05) is 0 Å². The summed E-state index contributed by atoms with van der Waals surface area (Å²) in [5.41, 5.74) is 0. The minimum atomic E-state index is -4.64. The summed E-state index contributed by atoms with van der Waals surface area (Å²) < 4.78 is 35.5. The lowest BCUT2D eigenvalue weighted by molar-refractivity contribution is 0.272. The molecule has 0 rings (SSSR count). The highest BCUT2D eigenvalue weighted by atomic mass is 31.2. The molecule has 0 radical (unpaired) electrons. The predicted octanol–water partition coefficient (Wildman–Crippen LogP) is -4.54. The van der Waals surface area contributed by atoms with E-state index < -0.39 is 31.3 Å². The molecule has 0 saturated carbocycles. The zero-order chi connectivity index (χ0) is 18.0. The molecule has 0 aromatic rings. The van der Waals surface area contributed by atoms with E-state index in [1.165, 1.54) is 0 Å². The summed E-state index contributed by atoms with van der Waals surface area (Å²) in [7, 11) is -18.6. The van der Waals surface area contributed by atoms with Crippen LogP contribution in [-0.2, 0) is 18.3 Å². The van der Waals surface area contributed by atoms with Crippen molar-refractivity contribution in [1.29, 1.82) is 0 Å². The third-order valence-corrected chi connectivity index (χ3v) is 0. The zero-order valence-electron chi connectivity index (χ0n) is 9.29. The van der Waals surface area contributed by atoms with Crippen LogP contribution >= 0.6 is 31.3 Å². The van der Waals surface area contributed by atoms with Crippen molar-refractivity contribution in [2.45, 2.75) is 0 Å². The summed E-state index contributed by atoms with van der Waals surface area (Å²) >= 11 is 0. The monoisotopic (exact) mass is 410 g/mol. The van der Waals surface area contributed by atoms with E-state index in [2.05, 4.69) is 0 Å². The Hall–Kier alpha value is 0.400. The topological polar surface area (TPSA) is 343 Å². The Bertz CT molecular complexity index is 279. The van der Waals surface area contributed by atoms with Gasteiger partial charge in [0, 0.05) is 0 Å². The molecule has 0 atom stereocenters. The van der Waals surface area contributed by atoms with Crippen LogP contribution in [0.4, 0.5) is 0 Å². The fourth-order valence-electron chi connectivity index (χ4n) is 0. The van der Waals surface area contributed by atoms with Gasteiger partial charge in [-0.15, -0.1) is 0 Å². The number of hydrogen-bond acceptors (Lipinski definition) is 4. The molecule has 136 valence electrons. The fraction of sp³-hybridized carbons (Fsp3) is 0. The molecule has 0 aromatic carbocycles. The van der Waals surface area contributed by atoms with Crippen LogP contribution in [0.1, 0.15) is 0 Å². The van der Waals surface area contributed by atoms with Crippen molar-refractivity contribution < 1.29 is 82.5 Å². The minimum Gasteiger partial charge on any atom is -0.412 e. The van der Waals surface area contributed by atoms with Gasteiger partial charge in [-0.05, 0) is 0 Å². The normalized spacial score (nSPS) is 11.2. The lowest BCUT2D eigenvalue weighted by Gasteiger charge is -1.82. The molecule has 0 heterocycles. The third-order valence-electron chi connectivity index (χ3n) is 0. The lowest BCUT2D eigenvalue weighted by atomic mass is 15.8. The van der Waals surface area contributed by atoms with Gasteiger partial charge in [0.15, 0.2) is 0 Å². The molecular weight excluding hydrogens is 396 g/mol. The second-order valence-corrected chi connectivity index (χ2v) is 6.16. The van der Waals surface area contributed by atoms with Crippen molar-refractivity contribution in [3.05, 3.63) is 0 Å². The molecule has 0 amide bonds. The molecular formula is H14O17P4. The van der Waals surface area contributed by atoms with Crippen LogP contribution < -0.4 is 0 Å². The van der Waals surface area contributed by atoms with Gasteiger partial charge in [-0.2, -0.15) is 0 Å². The SMILES string of the molecule is O.O=P(O)(O)O.O=P(O)(O)O.O=P(O)(O)O.O=P(O)(O)O. The van der Waals surface area contributed by atoms with Crippen molar-refractivity contribution in [2.24, 2.45) is 0 Å². The Kier molecular flexibility index (Phi) is 20.3. The van der Waals surface area contributed by atoms with Crippen molar-refractivity contribution >= 4 is 31.3 Å². The van der Waals surface area contributed by atoms with E-state index >= 15 is 0 Å². The summed E-state index contributed by atoms with van der Waals surface area (Å²) in [5, 5.41) is 0. The van der Waals surface area contributed by atoms with Gasteiger partial charge in [-0.1, -0.05) is 0 Å². The van der Waals surface area contributed by atoms with Gasteiger partial charge >= 0.3 is 31.3 Å². The molecule has 0 aromatic heterocycles. The van der Waals surface area contributed by atoms with Crippen LogP contribution in [0.15, 0.2) is 0 Å². The van der Waals surface area contributed by atoms with Crippen LogP contribution in [0.5, 0.6) is 0 Å². The van der Waals surface area contributed by atoms with Gasteiger partial charge in [-0.3, -0.25) is 0 Å². The third kappa shape index (κ3) is 43200. The van der Waals surface area contributed by atoms with E-state index in [0.29, 0.717) is 0 Å². The minimum absolute atomic E-state index is 0. The maximum Gasteiger partial charge on any atom is 0.466 e. The Labute approximate surface area is 115 Å². The van der Waals surface area contributed by atoms with Crippen LogP contribution in [0.3, 0.4) is 0 Å². The van der Waals surface area contributed by atoms with Crippen LogP contribution in [0, 0.1) is 0 Å². The van der Waals surface area contributed by atoms with Gasteiger partial charge in [-0.25, -0.2) is 18.3 Å². The van der Waals surface area contributed by atoms with Crippen LogP contribution in [0.25, 0.3) is 0 Å². The quantitative estimate of drug-likeness (QED) is 0.167. The standard InChI is InChI=1S/4H3O4P.H2O/c4*1-5(2,3)4;/h4*(H3,1,2,3,4);1H2. The summed E-state index contributed by atoms with van der Waals surface area (Å²) in [4.78, 5) is 86.2. The highest BCUT2D eigenvalue weighted by Crippen LogP contribution is 2.27. The average molecular weight is 410 g/mol. The van der Waals surface area contributed by atoms with E-state index in [1.807, 2.05) is 0 Å². The van der Waals surface area contributed by atoms with Crippen LogP contribution in [-0.4, -0.2) is 64.2 Å². The molecule has 0 aliphatic rings. The largest absolute Gasteiger partial charge is 0.466 e. The molecule has 14 N–H and O–H groups in total. The van der Waals surface area contributed by atoms with Crippen molar-refractivity contribution in [3.8, 4) is 0 Å². The second kappa shape index (κ2) is 12.9. The molecule has 0 spiro atoms. The first-order valence-electron chi connectivity index (χ1n) is 3.13. The van der Waals surface area contributed by atoms with Gasteiger partial charge < -0.3 is 64.2 Å². The first-order valence-corrected chi connectivity index (χ1v) is 9.39. The summed E-state index contributed by atoms with van der Waals surface area (Å²) in [6.45, 7) is 0. The molecule has 0 bridgehead atoms. The number of phosphoric acid groups is 4. The van der Waals surface area contributed by atoms with E-state index in [0.717, 1.165) is 0 Å². The molecule has 17 nitrogen and oxygen atoms in total. The smallest absolute Gasteiger partial charge is 0.412 e. The zero-order valence-corrected chi connectivity index (χ0v) is 12.9. The van der Waals surface area contributed by atoms with E-state index in [-0.39, 0.29) is 5.48 Å². The van der Waals surface area contributed by atoms with E-state index in [4.69, 9.17) is 77.0 Å². The fourth-order valence-corrected chi connectivity index (χ4v) is 0. The van der Waals surface area contributed by atoms with Gasteiger partial charge in [0.25, 0.3) is 0 Å². The Morgan fingerprint density at radius 1 is 0.333 bits per heavy atom. The number of hydrogen-bond donors (Lipinski definition) is 12. The Morgan fingerprint density at radius 3 is 0.333 bits per heavy atom. The Morgan fingerprint density at radius 2 is 0.333 bits per heavy atom. The summed E-state index contributed by atoms with van der Waals surface area (Å²) in [6, 6.07) is 0. The summed E-state index contributed by atoms with van der Waals surface area (Å²) in [6.07, 6.45) is 0. The van der Waals surface area contributed by atoms with Crippen molar-refractivity contribution in [3.63, 3.8) is 0 Å². The molecule has 0 fully saturated rings. The summed E-state index contributed by atoms with van der Waals surface area (Å²) in [5.74, 6) is 0. The predicted molar refractivity (Wildman–Crippen MR) is 60.7 cm³/mol. The lowest BCUT2D eigenvalue weighted by Crippen LogP contribution is -1.66. The van der Waals surface area contributed by atoms with Gasteiger partial charge in [0.2, 0.25) is 0 Å². The molecule has 0 aliphatic heterocycles. The highest BCUT2D eigenvalue weighted by molar-refractivity contribution is 7.45. The van der Waals surface area contributed by atoms with Crippen molar-refractivity contribution in [1.82, 2.24) is 0 Å². The number of rotatable bonds is 0. The molecule has 21 heavy (non-hydrogen) atoms. The molecule has 0 unspecified atom stereocenters. The molecule has 0 aliphatic carbocycles. The van der Waals surface area contributed by atoms with E-state index in [1.54, 1.807) is 0 Å². The first-order chi connectivity index (χ1) is 8.00. The average Bonchev–Trinajstić information content (AvgIpc) is 1.62. The van der Waals surface area contributed by atoms with Crippen LogP contribution in [0.2, 0.25) is 0 Å². The van der Waals surface area contributed by atoms with Gasteiger partial charge in [0.05, 0.1) is 0 Å². The maximum absolute atomic E-state index is 8.88. The first kappa shape index (κ1) is 33.1. The van der Waals surface area contributed by atoms with Gasteiger partial charge in [0.1, 0.15) is 0 Å². The molecule has 0 saturated heterocycles. The van der Waals surface area contributed by atoms with E-state index in [9.17, 15) is 0 Å².